The SMILES string of the molecule is COc1cc2c(nc1OC)c(-c1cc3c(CO)ccnc3[nH]1)cn2C. The molecule has 25 heavy (non-hydrogen) atoms. The summed E-state index contributed by atoms with van der Waals surface area (Å²) in [7, 11) is 5.12. The molecule has 7 heteroatoms. The molecular weight excluding hydrogens is 320 g/mol. The molecule has 0 saturated carbocycles. The third-order valence-corrected chi connectivity index (χ3v) is 4.39. The van der Waals surface area contributed by atoms with E-state index in [1.165, 1.54) is 0 Å². The van der Waals surface area contributed by atoms with E-state index in [9.17, 15) is 5.11 Å². The number of H-pyrrole nitrogens is 1. The molecule has 0 amide bonds. The highest BCUT2D eigenvalue weighted by Crippen LogP contribution is 2.36. The Morgan fingerprint density at radius 2 is 2.08 bits per heavy atom. The minimum absolute atomic E-state index is 0.0326. The first kappa shape index (κ1) is 15.5. The molecule has 0 atom stereocenters. The molecule has 0 aliphatic carbocycles. The van der Waals surface area contributed by atoms with Crippen molar-refractivity contribution in [2.24, 2.45) is 7.05 Å². The van der Waals surface area contributed by atoms with Crippen LogP contribution in [0.25, 0.3) is 33.3 Å². The van der Waals surface area contributed by atoms with Crippen molar-refractivity contribution in [3.8, 4) is 22.9 Å². The van der Waals surface area contributed by atoms with Gasteiger partial charge in [-0.05, 0) is 17.7 Å². The van der Waals surface area contributed by atoms with Crippen LogP contribution in [0.1, 0.15) is 5.56 Å². The molecule has 4 heterocycles. The van der Waals surface area contributed by atoms with Crippen LogP contribution in [0.5, 0.6) is 11.6 Å². The average Bonchev–Trinajstić information content (AvgIpc) is 3.21. The molecule has 7 nitrogen and oxygen atoms in total. The highest BCUT2D eigenvalue weighted by atomic mass is 16.5. The van der Waals surface area contributed by atoms with Crippen molar-refractivity contribution in [1.29, 1.82) is 0 Å². The maximum Gasteiger partial charge on any atom is 0.257 e. The summed E-state index contributed by atoms with van der Waals surface area (Å²) < 4.78 is 12.7. The number of pyridine rings is 2. The lowest BCUT2D eigenvalue weighted by molar-refractivity contribution is 0.283. The Morgan fingerprint density at radius 1 is 1.24 bits per heavy atom. The highest BCUT2D eigenvalue weighted by Gasteiger charge is 2.17. The lowest BCUT2D eigenvalue weighted by Gasteiger charge is -2.07. The number of nitrogens with zero attached hydrogens (tertiary/aromatic N) is 3. The third-order valence-electron chi connectivity index (χ3n) is 4.39. The Labute approximate surface area is 143 Å². The van der Waals surface area contributed by atoms with E-state index in [0.29, 0.717) is 11.6 Å². The minimum Gasteiger partial charge on any atom is -0.491 e. The number of aliphatic hydroxyl groups excluding tert-OH is 1. The van der Waals surface area contributed by atoms with Crippen molar-refractivity contribution in [1.82, 2.24) is 19.5 Å². The quantitative estimate of drug-likeness (QED) is 0.597. The van der Waals surface area contributed by atoms with Gasteiger partial charge in [-0.2, -0.15) is 0 Å². The fourth-order valence-corrected chi connectivity index (χ4v) is 3.11. The van der Waals surface area contributed by atoms with Crippen LogP contribution in [-0.2, 0) is 13.7 Å². The number of rotatable bonds is 4. The van der Waals surface area contributed by atoms with Crippen LogP contribution in [0.15, 0.2) is 30.6 Å². The van der Waals surface area contributed by atoms with E-state index in [0.717, 1.165) is 38.9 Å². The number of hydrogen-bond donors (Lipinski definition) is 2. The van der Waals surface area contributed by atoms with Gasteiger partial charge in [0, 0.05) is 36.5 Å². The standard InChI is InChI=1S/C18H18N4O3/c1-22-8-12(16-14(22)7-15(24-2)18(21-16)25-3)13-6-11-10(9-23)4-5-19-17(11)20-13/h4-8,23H,9H2,1-3H3,(H,19,20). The van der Waals surface area contributed by atoms with Gasteiger partial charge in [0.25, 0.3) is 5.88 Å². The van der Waals surface area contributed by atoms with E-state index in [1.54, 1.807) is 20.4 Å². The van der Waals surface area contributed by atoms with Crippen LogP contribution in [0.2, 0.25) is 0 Å². The number of nitrogens with one attached hydrogen (secondary N) is 1. The lowest BCUT2D eigenvalue weighted by atomic mass is 10.1. The van der Waals surface area contributed by atoms with Gasteiger partial charge in [-0.3, -0.25) is 0 Å². The average molecular weight is 338 g/mol. The number of aliphatic hydroxyl groups is 1. The van der Waals surface area contributed by atoms with Gasteiger partial charge >= 0.3 is 0 Å². The van der Waals surface area contributed by atoms with Gasteiger partial charge in [-0.1, -0.05) is 0 Å². The number of methoxy groups -OCH3 is 2. The van der Waals surface area contributed by atoms with Crippen molar-refractivity contribution in [2.45, 2.75) is 6.61 Å². The zero-order valence-electron chi connectivity index (χ0n) is 14.2. The lowest BCUT2D eigenvalue weighted by Crippen LogP contribution is -1.95. The number of aromatic nitrogens is 4. The van der Waals surface area contributed by atoms with Crippen molar-refractivity contribution < 1.29 is 14.6 Å². The molecule has 0 aliphatic heterocycles. The third kappa shape index (κ3) is 2.32. The molecule has 128 valence electrons. The molecule has 0 radical (unpaired) electrons. The highest BCUT2D eigenvalue weighted by molar-refractivity contribution is 5.96. The first-order chi connectivity index (χ1) is 12.2. The van der Waals surface area contributed by atoms with Gasteiger partial charge in [0.2, 0.25) is 0 Å². The Hall–Kier alpha value is -3.06. The normalized spacial score (nSPS) is 11.4. The summed E-state index contributed by atoms with van der Waals surface area (Å²) in [5, 5.41) is 10.4. The Balaban J connectivity index is 1.98. The fraction of sp³-hybridized carbons (Fsp3) is 0.222. The largest absolute Gasteiger partial charge is 0.491 e. The van der Waals surface area contributed by atoms with Gasteiger partial charge in [0.15, 0.2) is 5.75 Å². The van der Waals surface area contributed by atoms with Crippen LogP contribution in [0.4, 0.5) is 0 Å². The molecule has 0 aliphatic rings. The minimum atomic E-state index is -0.0326. The van der Waals surface area contributed by atoms with E-state index in [-0.39, 0.29) is 6.61 Å². The molecule has 0 spiro atoms. The Morgan fingerprint density at radius 3 is 2.80 bits per heavy atom. The summed E-state index contributed by atoms with van der Waals surface area (Å²) in [5.74, 6) is 1.02. The number of aryl methyl sites for hydroxylation is 1. The van der Waals surface area contributed by atoms with E-state index >= 15 is 0 Å². The summed E-state index contributed by atoms with van der Waals surface area (Å²) in [4.78, 5) is 12.3. The molecule has 4 aromatic rings. The first-order valence-electron chi connectivity index (χ1n) is 7.82. The molecule has 0 aromatic carbocycles. The monoisotopic (exact) mass is 338 g/mol. The van der Waals surface area contributed by atoms with Crippen LogP contribution in [0.3, 0.4) is 0 Å². The van der Waals surface area contributed by atoms with Gasteiger partial charge in [0.1, 0.15) is 11.2 Å². The fourth-order valence-electron chi connectivity index (χ4n) is 3.11. The van der Waals surface area contributed by atoms with E-state index < -0.39 is 0 Å². The molecular formula is C18H18N4O3. The second-order valence-corrected chi connectivity index (χ2v) is 5.79. The van der Waals surface area contributed by atoms with E-state index in [2.05, 4.69) is 15.0 Å². The molecule has 0 fully saturated rings. The van der Waals surface area contributed by atoms with Gasteiger partial charge < -0.3 is 24.1 Å². The number of hydrogen-bond acceptors (Lipinski definition) is 5. The summed E-state index contributed by atoms with van der Waals surface area (Å²) in [6.07, 6.45) is 3.68. The predicted octanol–water partition coefficient (Wildman–Crippen LogP) is 2.63. The number of fused-ring (bicyclic) bond motifs is 2. The van der Waals surface area contributed by atoms with E-state index in [4.69, 9.17) is 9.47 Å². The van der Waals surface area contributed by atoms with Crippen LogP contribution >= 0.6 is 0 Å². The van der Waals surface area contributed by atoms with Crippen molar-refractivity contribution >= 4 is 22.1 Å². The first-order valence-corrected chi connectivity index (χ1v) is 7.82. The van der Waals surface area contributed by atoms with E-state index in [1.807, 2.05) is 36.0 Å². The molecule has 4 aromatic heterocycles. The maximum absolute atomic E-state index is 9.53. The van der Waals surface area contributed by atoms with Gasteiger partial charge in [-0.25, -0.2) is 9.97 Å². The van der Waals surface area contributed by atoms with Gasteiger partial charge in [-0.15, -0.1) is 0 Å². The summed E-state index contributed by atoms with van der Waals surface area (Å²) in [6, 6.07) is 5.71. The van der Waals surface area contributed by atoms with Crippen molar-refractivity contribution in [3.05, 3.63) is 36.2 Å². The van der Waals surface area contributed by atoms with Gasteiger partial charge in [0.05, 0.1) is 32.0 Å². The molecule has 2 N–H and O–H groups in total. The zero-order valence-corrected chi connectivity index (χ0v) is 14.2. The predicted molar refractivity (Wildman–Crippen MR) is 94.8 cm³/mol. The van der Waals surface area contributed by atoms with Crippen LogP contribution in [0, 0.1) is 0 Å². The molecule has 4 rings (SSSR count). The smallest absolute Gasteiger partial charge is 0.257 e. The van der Waals surface area contributed by atoms with Crippen LogP contribution in [-0.4, -0.2) is 38.8 Å². The second-order valence-electron chi connectivity index (χ2n) is 5.79. The Kier molecular flexibility index (Phi) is 3.58. The molecule has 0 bridgehead atoms. The topological polar surface area (TPSA) is 85.2 Å². The number of aromatic amines is 1. The molecule has 0 saturated heterocycles. The second kappa shape index (κ2) is 5.78. The number of ether oxygens (including phenoxy) is 2. The Bertz CT molecular complexity index is 1080. The summed E-state index contributed by atoms with van der Waals surface area (Å²) >= 11 is 0. The maximum atomic E-state index is 9.53. The van der Waals surface area contributed by atoms with Crippen LogP contribution < -0.4 is 9.47 Å². The van der Waals surface area contributed by atoms with Crippen molar-refractivity contribution in [3.63, 3.8) is 0 Å². The summed E-state index contributed by atoms with van der Waals surface area (Å²) in [5.41, 5.74) is 5.12. The van der Waals surface area contributed by atoms with Crippen molar-refractivity contribution in [2.75, 3.05) is 14.2 Å². The zero-order chi connectivity index (χ0) is 17.6. The molecule has 0 unspecified atom stereocenters. The summed E-state index contributed by atoms with van der Waals surface area (Å²) in [6.45, 7) is -0.0326.